The van der Waals surface area contributed by atoms with Crippen molar-refractivity contribution in [2.75, 3.05) is 0 Å². The van der Waals surface area contributed by atoms with Gasteiger partial charge in [0.05, 0.1) is 9.89 Å². The van der Waals surface area contributed by atoms with Crippen LogP contribution in [0.15, 0.2) is 15.9 Å². The fourth-order valence-electron chi connectivity index (χ4n) is 1.05. The molecular weight excluding hydrogens is 236 g/mol. The van der Waals surface area contributed by atoms with Crippen LogP contribution in [0.3, 0.4) is 0 Å². The van der Waals surface area contributed by atoms with Crippen molar-refractivity contribution in [1.29, 1.82) is 0 Å². The van der Waals surface area contributed by atoms with Crippen LogP contribution < -0.4 is 0 Å². The van der Waals surface area contributed by atoms with E-state index in [0.717, 1.165) is 27.9 Å². The van der Waals surface area contributed by atoms with Crippen molar-refractivity contribution in [1.82, 2.24) is 0 Å². The van der Waals surface area contributed by atoms with E-state index in [2.05, 4.69) is 22.9 Å². The molecule has 0 amide bonds. The number of aliphatic hydroxyl groups is 1. The maximum atomic E-state index is 9.65. The molecule has 0 aromatic carbocycles. The lowest BCUT2D eigenvalue weighted by atomic mass is 10.1. The molecule has 0 saturated carbocycles. The second-order valence-electron chi connectivity index (χ2n) is 2.80. The lowest BCUT2D eigenvalue weighted by Crippen LogP contribution is -1.93. The zero-order valence-corrected chi connectivity index (χ0v) is 9.49. The standard InChI is InChI=1S/C9H13BrOS/c1-2-3-4-7(11)8-5-6-9(10)12-8/h5-7,11H,2-4H2,1H3. The molecule has 0 saturated heterocycles. The summed E-state index contributed by atoms with van der Waals surface area (Å²) < 4.78 is 1.09. The Kier molecular flexibility index (Phi) is 4.26. The van der Waals surface area contributed by atoms with Gasteiger partial charge in [-0.05, 0) is 34.5 Å². The molecule has 1 rings (SSSR count). The molecule has 1 N–H and O–H groups in total. The summed E-state index contributed by atoms with van der Waals surface area (Å²) in [6, 6.07) is 3.96. The van der Waals surface area contributed by atoms with Crippen LogP contribution in [0, 0.1) is 0 Å². The molecule has 3 heteroatoms. The van der Waals surface area contributed by atoms with E-state index >= 15 is 0 Å². The van der Waals surface area contributed by atoms with Gasteiger partial charge >= 0.3 is 0 Å². The third-order valence-electron chi connectivity index (χ3n) is 1.75. The van der Waals surface area contributed by atoms with Crippen molar-refractivity contribution in [3.63, 3.8) is 0 Å². The zero-order chi connectivity index (χ0) is 8.97. The Labute approximate surface area is 85.6 Å². The summed E-state index contributed by atoms with van der Waals surface area (Å²) in [5.74, 6) is 0. The molecule has 1 heterocycles. The van der Waals surface area contributed by atoms with Crippen LogP contribution in [0.25, 0.3) is 0 Å². The Morgan fingerprint density at radius 1 is 1.58 bits per heavy atom. The van der Waals surface area contributed by atoms with E-state index in [1.165, 1.54) is 0 Å². The van der Waals surface area contributed by atoms with Gasteiger partial charge in [-0.25, -0.2) is 0 Å². The van der Waals surface area contributed by atoms with Gasteiger partial charge in [-0.1, -0.05) is 19.8 Å². The van der Waals surface area contributed by atoms with Crippen molar-refractivity contribution in [3.8, 4) is 0 Å². The molecule has 0 radical (unpaired) electrons. The van der Waals surface area contributed by atoms with Crippen molar-refractivity contribution in [3.05, 3.63) is 20.8 Å². The highest BCUT2D eigenvalue weighted by Crippen LogP contribution is 2.29. The molecule has 1 unspecified atom stereocenters. The number of thiophene rings is 1. The molecule has 0 aliphatic carbocycles. The lowest BCUT2D eigenvalue weighted by molar-refractivity contribution is 0.168. The number of aliphatic hydroxyl groups excluding tert-OH is 1. The molecule has 1 nitrogen and oxygen atoms in total. The minimum absolute atomic E-state index is 0.263. The molecule has 1 aromatic rings. The van der Waals surface area contributed by atoms with Gasteiger partial charge in [-0.3, -0.25) is 0 Å². The fourth-order valence-corrected chi connectivity index (χ4v) is 2.49. The average Bonchev–Trinajstić information content (AvgIpc) is 2.47. The summed E-state index contributed by atoms with van der Waals surface area (Å²) in [5.41, 5.74) is 0. The fraction of sp³-hybridized carbons (Fsp3) is 0.556. The third-order valence-corrected chi connectivity index (χ3v) is 3.48. The Morgan fingerprint density at radius 2 is 2.33 bits per heavy atom. The van der Waals surface area contributed by atoms with Crippen molar-refractivity contribution < 1.29 is 5.11 Å². The second kappa shape index (κ2) is 5.00. The van der Waals surface area contributed by atoms with Crippen LogP contribution in [0.4, 0.5) is 0 Å². The topological polar surface area (TPSA) is 20.2 Å². The predicted octanol–water partition coefficient (Wildman–Crippen LogP) is 3.73. The minimum atomic E-state index is -0.263. The van der Waals surface area contributed by atoms with E-state index in [0.29, 0.717) is 0 Å². The van der Waals surface area contributed by atoms with Gasteiger partial charge in [-0.15, -0.1) is 11.3 Å². The summed E-state index contributed by atoms with van der Waals surface area (Å²) in [7, 11) is 0. The molecule has 1 atom stereocenters. The highest BCUT2D eigenvalue weighted by atomic mass is 79.9. The quantitative estimate of drug-likeness (QED) is 0.861. The summed E-state index contributed by atoms with van der Waals surface area (Å²) in [6.07, 6.45) is 2.85. The first-order valence-electron chi connectivity index (χ1n) is 4.17. The Morgan fingerprint density at radius 3 is 2.83 bits per heavy atom. The predicted molar refractivity (Wildman–Crippen MR) is 56.5 cm³/mol. The van der Waals surface area contributed by atoms with Gasteiger partial charge in [0.1, 0.15) is 0 Å². The van der Waals surface area contributed by atoms with Crippen molar-refractivity contribution in [2.24, 2.45) is 0 Å². The smallest absolute Gasteiger partial charge is 0.0882 e. The first kappa shape index (κ1) is 10.2. The third kappa shape index (κ3) is 2.88. The molecular formula is C9H13BrOS. The highest BCUT2D eigenvalue weighted by Gasteiger charge is 2.08. The second-order valence-corrected chi connectivity index (χ2v) is 5.29. The summed E-state index contributed by atoms with van der Waals surface area (Å²) in [4.78, 5) is 1.07. The Balaban J connectivity index is 2.47. The number of rotatable bonds is 4. The number of halogens is 1. The maximum absolute atomic E-state index is 9.65. The van der Waals surface area contributed by atoms with E-state index < -0.39 is 0 Å². The van der Waals surface area contributed by atoms with Crippen LogP contribution >= 0.6 is 27.3 Å². The average molecular weight is 249 g/mol. The van der Waals surface area contributed by atoms with Crippen LogP contribution in [0.1, 0.15) is 37.2 Å². The molecule has 0 fully saturated rings. The maximum Gasteiger partial charge on any atom is 0.0882 e. The first-order chi connectivity index (χ1) is 5.74. The van der Waals surface area contributed by atoms with E-state index in [1.807, 2.05) is 12.1 Å². The molecule has 0 bridgehead atoms. The first-order valence-corrected chi connectivity index (χ1v) is 5.78. The van der Waals surface area contributed by atoms with E-state index in [1.54, 1.807) is 11.3 Å². The molecule has 0 aliphatic heterocycles. The van der Waals surface area contributed by atoms with Crippen LogP contribution in [-0.2, 0) is 0 Å². The number of hydrogen-bond acceptors (Lipinski definition) is 2. The Hall–Kier alpha value is 0.140. The molecule has 68 valence electrons. The number of unbranched alkanes of at least 4 members (excludes halogenated alkanes) is 1. The largest absolute Gasteiger partial charge is 0.388 e. The van der Waals surface area contributed by atoms with Crippen LogP contribution in [0.5, 0.6) is 0 Å². The zero-order valence-electron chi connectivity index (χ0n) is 7.09. The van der Waals surface area contributed by atoms with Gasteiger partial charge in [0.2, 0.25) is 0 Å². The van der Waals surface area contributed by atoms with Crippen LogP contribution in [0.2, 0.25) is 0 Å². The number of hydrogen-bond donors (Lipinski definition) is 1. The normalized spacial score (nSPS) is 13.2. The van der Waals surface area contributed by atoms with Gasteiger partial charge in [0.25, 0.3) is 0 Å². The summed E-state index contributed by atoms with van der Waals surface area (Å²) in [6.45, 7) is 2.14. The Bertz CT molecular complexity index is 234. The van der Waals surface area contributed by atoms with Gasteiger partial charge in [0.15, 0.2) is 0 Å². The van der Waals surface area contributed by atoms with Crippen LogP contribution in [-0.4, -0.2) is 5.11 Å². The van der Waals surface area contributed by atoms with Gasteiger partial charge < -0.3 is 5.11 Å². The molecule has 1 aromatic heterocycles. The monoisotopic (exact) mass is 248 g/mol. The molecule has 0 spiro atoms. The van der Waals surface area contributed by atoms with Gasteiger partial charge in [-0.2, -0.15) is 0 Å². The van der Waals surface area contributed by atoms with E-state index in [9.17, 15) is 5.11 Å². The van der Waals surface area contributed by atoms with E-state index in [4.69, 9.17) is 0 Å². The van der Waals surface area contributed by atoms with Crippen molar-refractivity contribution >= 4 is 27.3 Å². The SMILES string of the molecule is CCCCC(O)c1ccc(Br)s1. The summed E-state index contributed by atoms with van der Waals surface area (Å²) >= 11 is 4.99. The van der Waals surface area contributed by atoms with Crippen molar-refractivity contribution in [2.45, 2.75) is 32.3 Å². The van der Waals surface area contributed by atoms with Gasteiger partial charge in [0, 0.05) is 4.88 Å². The lowest BCUT2D eigenvalue weighted by Gasteiger charge is -2.05. The highest BCUT2D eigenvalue weighted by molar-refractivity contribution is 9.11. The minimum Gasteiger partial charge on any atom is -0.388 e. The van der Waals surface area contributed by atoms with E-state index in [-0.39, 0.29) is 6.10 Å². The summed E-state index contributed by atoms with van der Waals surface area (Å²) in [5, 5.41) is 9.65. The molecule has 0 aliphatic rings. The molecule has 12 heavy (non-hydrogen) atoms.